The molecule has 9 heteroatoms. The van der Waals surface area contributed by atoms with Crippen LogP contribution in [0.4, 0.5) is 5.82 Å². The smallest absolute Gasteiger partial charge is 0.405 e. The fourth-order valence-corrected chi connectivity index (χ4v) is 3.98. The molecular weight excluding hydrogens is 474 g/mol. The third-order valence-corrected chi connectivity index (χ3v) is 5.59. The molecule has 0 spiro atoms. The number of fused-ring (bicyclic) bond motifs is 1. The first-order valence-corrected chi connectivity index (χ1v) is 12.9. The summed E-state index contributed by atoms with van der Waals surface area (Å²) in [6, 6.07) is 3.95. The number of aryl methyl sites for hydroxylation is 2. The Balaban J connectivity index is 0.00000334. The summed E-state index contributed by atoms with van der Waals surface area (Å²) in [6.07, 6.45) is 4.47. The zero-order valence-electron chi connectivity index (χ0n) is 23.4. The van der Waals surface area contributed by atoms with Gasteiger partial charge in [-0.05, 0) is 69.0 Å². The van der Waals surface area contributed by atoms with Gasteiger partial charge in [0.15, 0.2) is 0 Å². The molecule has 0 saturated heterocycles. The Bertz CT molecular complexity index is 1040. The van der Waals surface area contributed by atoms with Gasteiger partial charge in [0.05, 0.1) is 25.1 Å². The lowest BCUT2D eigenvalue weighted by Crippen LogP contribution is -2.35. The molecule has 2 aromatic heterocycles. The van der Waals surface area contributed by atoms with Crippen LogP contribution in [0, 0.1) is 0 Å². The van der Waals surface area contributed by atoms with Crippen LogP contribution in [0.1, 0.15) is 58.7 Å². The number of nitrogens with one attached hydrogen (secondary N) is 1. The van der Waals surface area contributed by atoms with Crippen molar-refractivity contribution in [3.8, 4) is 0 Å². The average molecular weight is 520 g/mol. The van der Waals surface area contributed by atoms with Crippen LogP contribution in [-0.4, -0.2) is 57.5 Å². The van der Waals surface area contributed by atoms with Crippen molar-refractivity contribution in [1.82, 2.24) is 9.55 Å². The zero-order chi connectivity index (χ0) is 28.0. The molecule has 0 saturated carbocycles. The van der Waals surface area contributed by atoms with Crippen LogP contribution in [0.25, 0.3) is 11.0 Å². The highest BCUT2D eigenvalue weighted by Gasteiger charge is 2.24. The molecule has 1 atom stereocenters. The molecular formula is C28H45N3O6. The normalized spacial score (nSPS) is 13.2. The molecule has 9 nitrogen and oxygen atoms in total. The number of aliphatic hydroxyl groups is 3. The monoisotopic (exact) mass is 519 g/mol. The predicted octanol–water partition coefficient (Wildman–Crippen LogP) is 4.53. The number of methoxy groups -OCH3 is 1. The fraction of sp³-hybridized carbons (Fsp3) is 0.536. The van der Waals surface area contributed by atoms with Crippen LogP contribution in [0.2, 0.25) is 0 Å². The third-order valence-electron chi connectivity index (χ3n) is 5.59. The van der Waals surface area contributed by atoms with Gasteiger partial charge in [-0.15, -0.1) is 0 Å². The fourth-order valence-electron chi connectivity index (χ4n) is 3.98. The Morgan fingerprint density at radius 3 is 2.49 bits per heavy atom. The summed E-state index contributed by atoms with van der Waals surface area (Å²) >= 11 is 0. The lowest BCUT2D eigenvalue weighted by molar-refractivity contribution is -0.464. The van der Waals surface area contributed by atoms with Gasteiger partial charge in [-0.3, -0.25) is 0 Å². The van der Waals surface area contributed by atoms with Crippen molar-refractivity contribution in [1.29, 1.82) is 0 Å². The number of nitrogens with zero attached hydrogens (tertiary/aromatic N) is 2. The number of pyridine rings is 1. The van der Waals surface area contributed by atoms with Crippen molar-refractivity contribution in [3.05, 3.63) is 59.7 Å². The van der Waals surface area contributed by atoms with Gasteiger partial charge in [0, 0.05) is 37.4 Å². The van der Waals surface area contributed by atoms with E-state index in [0.29, 0.717) is 38.3 Å². The second-order valence-corrected chi connectivity index (χ2v) is 8.21. The van der Waals surface area contributed by atoms with Gasteiger partial charge in [-0.2, -0.15) is 0 Å². The summed E-state index contributed by atoms with van der Waals surface area (Å²) in [4.78, 5) is 4.83. The predicted molar refractivity (Wildman–Crippen MR) is 148 cm³/mol. The van der Waals surface area contributed by atoms with Crippen molar-refractivity contribution in [2.24, 2.45) is 7.05 Å². The molecule has 0 aromatic carbocycles. The minimum atomic E-state index is -3.13. The quantitative estimate of drug-likeness (QED) is 0.154. The highest BCUT2D eigenvalue weighted by molar-refractivity contribution is 5.84. The maximum atomic E-state index is 9.06. The minimum absolute atomic E-state index is 0.496. The summed E-state index contributed by atoms with van der Waals surface area (Å²) in [7, 11) is 3.65. The molecule has 0 aliphatic carbocycles. The summed E-state index contributed by atoms with van der Waals surface area (Å²) < 4.78 is 17.7. The Hall–Kier alpha value is -2.69. The molecule has 37 heavy (non-hydrogen) atoms. The van der Waals surface area contributed by atoms with Gasteiger partial charge in [-0.1, -0.05) is 27.4 Å². The number of ether oxygens (including phenoxy) is 3. The summed E-state index contributed by atoms with van der Waals surface area (Å²) in [5, 5.41) is 31.5. The van der Waals surface area contributed by atoms with Gasteiger partial charge in [0.1, 0.15) is 11.5 Å². The van der Waals surface area contributed by atoms with Crippen molar-refractivity contribution in [2.75, 3.05) is 25.6 Å². The van der Waals surface area contributed by atoms with E-state index < -0.39 is 12.3 Å². The third kappa shape index (κ3) is 10.3. The molecule has 0 amide bonds. The Kier molecular flexibility index (Phi) is 14.2. The van der Waals surface area contributed by atoms with E-state index in [0.717, 1.165) is 40.2 Å². The van der Waals surface area contributed by atoms with Crippen molar-refractivity contribution < 1.29 is 29.5 Å². The van der Waals surface area contributed by atoms with Crippen LogP contribution in [0.5, 0.6) is 0 Å². The Morgan fingerprint density at radius 1 is 1.22 bits per heavy atom. The molecule has 1 unspecified atom stereocenters. The number of hydrogen-bond acceptors (Lipinski definition) is 8. The molecule has 0 bridgehead atoms. The first-order valence-electron chi connectivity index (χ1n) is 12.9. The molecule has 2 heterocycles. The van der Waals surface area contributed by atoms with Crippen LogP contribution in [0.15, 0.2) is 48.4 Å². The number of allylic oxidation sites excluding steroid dienone is 3. The topological polar surface area (TPSA) is 118 Å². The van der Waals surface area contributed by atoms with Gasteiger partial charge in [0.25, 0.3) is 0 Å². The summed E-state index contributed by atoms with van der Waals surface area (Å²) in [5.41, 5.74) is 3.89. The van der Waals surface area contributed by atoms with E-state index in [9.17, 15) is 0 Å². The molecule has 2 aromatic rings. The first-order chi connectivity index (χ1) is 17.6. The largest absolute Gasteiger partial charge is 0.498 e. The number of hydrogen-bond donors (Lipinski definition) is 4. The van der Waals surface area contributed by atoms with Crippen LogP contribution < -0.4 is 5.32 Å². The molecule has 2 rings (SSSR count). The Morgan fingerprint density at radius 2 is 1.92 bits per heavy atom. The van der Waals surface area contributed by atoms with E-state index in [1.807, 2.05) is 52.1 Å². The van der Waals surface area contributed by atoms with Gasteiger partial charge in [-0.25, -0.2) is 4.98 Å². The van der Waals surface area contributed by atoms with Crippen LogP contribution in [0.3, 0.4) is 0 Å². The lowest BCUT2D eigenvalue weighted by Gasteiger charge is -2.20. The van der Waals surface area contributed by atoms with E-state index in [1.165, 1.54) is 0 Å². The molecule has 0 radical (unpaired) electrons. The number of anilines is 1. The van der Waals surface area contributed by atoms with Gasteiger partial charge in [0.2, 0.25) is 0 Å². The standard InChI is InChI=1S/C26H39N3O6.C2H6/c1-7-19(11-12-20(34-9-3)16-17-33-6)27-24-15-14-22-21(13-10-18(4)35-26(30,31)32)23(8-2)29(5)25(22)28-24;1-2/h7,11-12,14-15,18,30-32H,1,8-10,13,16-17H2,2-6H3,(H,27,28);1-2H3/b19-11+,20-12+;. The highest BCUT2D eigenvalue weighted by atomic mass is 16.9. The SMILES string of the molecule is C=C/C(=C\C=C(/CCOC)OCC)Nc1ccc2c(CCC(C)OC(O)(O)O)c(CC)n(C)c2n1.CC. The van der Waals surface area contributed by atoms with Gasteiger partial charge >= 0.3 is 6.16 Å². The Labute approximate surface area is 221 Å². The second-order valence-electron chi connectivity index (χ2n) is 8.21. The lowest BCUT2D eigenvalue weighted by atomic mass is 10.0. The van der Waals surface area contributed by atoms with Gasteiger partial charge < -0.3 is 39.4 Å². The summed E-state index contributed by atoms with van der Waals surface area (Å²) in [5.74, 6) is 1.52. The van der Waals surface area contributed by atoms with Crippen LogP contribution >= 0.6 is 0 Å². The second kappa shape index (κ2) is 16.2. The molecule has 0 aliphatic heterocycles. The molecule has 0 aliphatic rings. The summed E-state index contributed by atoms with van der Waals surface area (Å²) in [6.45, 7) is 14.8. The first kappa shape index (κ1) is 32.3. The van der Waals surface area contributed by atoms with E-state index >= 15 is 0 Å². The van der Waals surface area contributed by atoms with E-state index in [-0.39, 0.29) is 0 Å². The maximum Gasteiger partial charge on any atom is 0.405 e. The number of aromatic nitrogens is 2. The van der Waals surface area contributed by atoms with E-state index in [1.54, 1.807) is 20.1 Å². The number of rotatable bonds is 15. The molecule has 0 fully saturated rings. The molecule has 4 N–H and O–H groups in total. The van der Waals surface area contributed by atoms with Crippen LogP contribution in [-0.2, 0) is 34.1 Å². The minimum Gasteiger partial charge on any atom is -0.498 e. The zero-order valence-corrected chi connectivity index (χ0v) is 23.4. The highest BCUT2D eigenvalue weighted by Crippen LogP contribution is 2.28. The maximum absolute atomic E-state index is 9.06. The molecule has 208 valence electrons. The van der Waals surface area contributed by atoms with Crippen molar-refractivity contribution in [2.45, 2.75) is 72.6 Å². The van der Waals surface area contributed by atoms with E-state index in [2.05, 4.69) is 23.4 Å². The van der Waals surface area contributed by atoms with Crippen molar-refractivity contribution in [3.63, 3.8) is 0 Å². The van der Waals surface area contributed by atoms with Crippen molar-refractivity contribution >= 4 is 16.9 Å². The van der Waals surface area contributed by atoms with E-state index in [4.69, 9.17) is 34.5 Å². The average Bonchev–Trinajstić information content (AvgIpc) is 3.13.